The van der Waals surface area contributed by atoms with Crippen molar-refractivity contribution in [2.75, 3.05) is 5.75 Å². The molecular weight excluding hydrogens is 290 g/mol. The van der Waals surface area contributed by atoms with Crippen molar-refractivity contribution < 1.29 is 9.90 Å². The van der Waals surface area contributed by atoms with Crippen LogP contribution < -0.4 is 0 Å². The number of hydrogen-bond donors (Lipinski definition) is 1. The fourth-order valence-electron chi connectivity index (χ4n) is 2.52. The Morgan fingerprint density at radius 3 is 2.45 bits per heavy atom. The van der Waals surface area contributed by atoms with Crippen LogP contribution in [0, 0.1) is 17.8 Å². The van der Waals surface area contributed by atoms with Gasteiger partial charge in [0, 0.05) is 11.8 Å². The van der Waals surface area contributed by atoms with Crippen LogP contribution in [0.5, 0.6) is 0 Å². The van der Waals surface area contributed by atoms with Gasteiger partial charge in [0.2, 0.25) is 5.91 Å². The highest BCUT2D eigenvalue weighted by Crippen LogP contribution is 2.30. The largest absolute Gasteiger partial charge is 0.392 e. The lowest BCUT2D eigenvalue weighted by atomic mass is 9.94. The van der Waals surface area contributed by atoms with Gasteiger partial charge >= 0.3 is 0 Å². The van der Waals surface area contributed by atoms with Crippen molar-refractivity contribution >= 4 is 34.2 Å². The molecular formula is C15H27NO2S2. The molecule has 1 saturated heterocycles. The van der Waals surface area contributed by atoms with Crippen molar-refractivity contribution in [1.82, 2.24) is 4.90 Å². The summed E-state index contributed by atoms with van der Waals surface area (Å²) < 4.78 is 0.671. The molecule has 3 atom stereocenters. The van der Waals surface area contributed by atoms with Crippen molar-refractivity contribution in [3.05, 3.63) is 0 Å². The monoisotopic (exact) mass is 317 g/mol. The number of amides is 1. The summed E-state index contributed by atoms with van der Waals surface area (Å²) in [5.74, 6) is 1.40. The Labute approximate surface area is 132 Å². The molecule has 1 aliphatic heterocycles. The number of thiocarbonyl (C=S) groups is 1. The molecule has 5 heteroatoms. The number of nitrogens with zero attached hydrogens (tertiary/aromatic N) is 1. The molecule has 1 N–H and O–H groups in total. The third-order valence-electron chi connectivity index (χ3n) is 3.62. The fourth-order valence-corrected chi connectivity index (χ4v) is 3.96. The van der Waals surface area contributed by atoms with Gasteiger partial charge in [-0.3, -0.25) is 9.69 Å². The van der Waals surface area contributed by atoms with Crippen LogP contribution in [-0.4, -0.2) is 38.1 Å². The van der Waals surface area contributed by atoms with Gasteiger partial charge in [-0.1, -0.05) is 58.6 Å². The summed E-state index contributed by atoms with van der Waals surface area (Å²) in [6, 6.07) is 0.189. The molecule has 0 bridgehead atoms. The summed E-state index contributed by atoms with van der Waals surface area (Å²) in [5.41, 5.74) is 0. The Hall–Kier alpha value is -0.130. The topological polar surface area (TPSA) is 40.5 Å². The van der Waals surface area contributed by atoms with Crippen LogP contribution in [0.4, 0.5) is 0 Å². The number of carbonyl (C=O) groups excluding carboxylic acids is 1. The molecule has 1 aliphatic rings. The molecule has 0 aromatic heterocycles. The maximum absolute atomic E-state index is 12.6. The van der Waals surface area contributed by atoms with Crippen molar-refractivity contribution in [2.45, 2.75) is 59.6 Å². The van der Waals surface area contributed by atoms with Crippen LogP contribution in [0.15, 0.2) is 0 Å². The molecule has 0 saturated carbocycles. The second-order valence-electron chi connectivity index (χ2n) is 6.55. The van der Waals surface area contributed by atoms with Crippen molar-refractivity contribution in [2.24, 2.45) is 17.8 Å². The maximum Gasteiger partial charge on any atom is 0.233 e. The summed E-state index contributed by atoms with van der Waals surface area (Å²) in [6.45, 7) is 10.2. The average molecular weight is 318 g/mol. The van der Waals surface area contributed by atoms with E-state index in [0.29, 0.717) is 22.6 Å². The molecule has 0 aliphatic carbocycles. The van der Waals surface area contributed by atoms with E-state index in [1.807, 2.05) is 6.92 Å². The lowest BCUT2D eigenvalue weighted by Gasteiger charge is -2.29. The lowest BCUT2D eigenvalue weighted by molar-refractivity contribution is -0.136. The van der Waals surface area contributed by atoms with E-state index in [-0.39, 0.29) is 17.9 Å². The molecule has 0 unspecified atom stereocenters. The number of hydrogen-bond acceptors (Lipinski definition) is 4. The maximum atomic E-state index is 12.6. The smallest absolute Gasteiger partial charge is 0.233 e. The molecule has 1 rings (SSSR count). The molecule has 0 radical (unpaired) electrons. The number of rotatable bonds is 6. The molecule has 0 aromatic rings. The summed E-state index contributed by atoms with van der Waals surface area (Å²) in [5, 5.41) is 10.2. The van der Waals surface area contributed by atoms with Gasteiger partial charge in [-0.2, -0.15) is 0 Å². The summed E-state index contributed by atoms with van der Waals surface area (Å²) in [4.78, 5) is 14.4. The van der Waals surface area contributed by atoms with E-state index in [9.17, 15) is 9.90 Å². The van der Waals surface area contributed by atoms with Gasteiger partial charge in [0.15, 0.2) is 0 Å². The number of thioether (sulfide) groups is 1. The molecule has 0 spiro atoms. The number of aliphatic hydroxyl groups is 1. The van der Waals surface area contributed by atoms with Gasteiger partial charge < -0.3 is 5.11 Å². The van der Waals surface area contributed by atoms with Crippen LogP contribution in [-0.2, 0) is 4.79 Å². The summed E-state index contributed by atoms with van der Waals surface area (Å²) >= 11 is 6.91. The van der Waals surface area contributed by atoms with Gasteiger partial charge in [0.25, 0.3) is 0 Å². The molecule has 1 heterocycles. The third kappa shape index (κ3) is 4.71. The summed E-state index contributed by atoms with van der Waals surface area (Å²) in [7, 11) is 0. The van der Waals surface area contributed by atoms with Crippen molar-refractivity contribution in [3.8, 4) is 0 Å². The Morgan fingerprint density at radius 1 is 1.35 bits per heavy atom. The predicted octanol–water partition coefficient (Wildman–Crippen LogP) is 3.30. The highest BCUT2D eigenvalue weighted by Gasteiger charge is 2.38. The number of aliphatic hydroxyl groups excluding tert-OH is 1. The minimum absolute atomic E-state index is 0.0150. The molecule has 116 valence electrons. The zero-order chi connectivity index (χ0) is 15.4. The zero-order valence-corrected chi connectivity index (χ0v) is 14.8. The minimum Gasteiger partial charge on any atom is -0.392 e. The van der Waals surface area contributed by atoms with Crippen LogP contribution in [0.3, 0.4) is 0 Å². The predicted molar refractivity (Wildman–Crippen MR) is 89.8 cm³/mol. The molecule has 20 heavy (non-hydrogen) atoms. The Kier molecular flexibility index (Phi) is 6.95. The van der Waals surface area contributed by atoms with Gasteiger partial charge in [0.05, 0.1) is 12.0 Å². The molecule has 0 aromatic carbocycles. The van der Waals surface area contributed by atoms with E-state index in [1.54, 1.807) is 16.7 Å². The van der Waals surface area contributed by atoms with E-state index >= 15 is 0 Å². The van der Waals surface area contributed by atoms with Gasteiger partial charge in [-0.05, 0) is 24.7 Å². The first-order valence-electron chi connectivity index (χ1n) is 7.41. The normalized spacial score (nSPS) is 22.7. The second-order valence-corrected chi connectivity index (χ2v) is 8.21. The first-order valence-corrected chi connectivity index (χ1v) is 8.81. The lowest BCUT2D eigenvalue weighted by Crippen LogP contribution is -2.45. The fraction of sp³-hybridized carbons (Fsp3) is 0.867. The second kappa shape index (κ2) is 7.76. The standard InChI is InChI=1S/C15H27NO2S2/c1-9(2)6-12-8-20-15(19)16(12)14(18)11(5)13(17)7-10(3)4/h9-13,17H,6-8H2,1-5H3/t11-,12+,13+/m1/s1. The van der Waals surface area contributed by atoms with Crippen LogP contribution >= 0.6 is 24.0 Å². The zero-order valence-electron chi connectivity index (χ0n) is 13.1. The highest BCUT2D eigenvalue weighted by molar-refractivity contribution is 8.23. The summed E-state index contributed by atoms with van der Waals surface area (Å²) in [6.07, 6.45) is 1.03. The van der Waals surface area contributed by atoms with Gasteiger partial charge in [0.1, 0.15) is 4.32 Å². The number of carbonyl (C=O) groups is 1. The average Bonchev–Trinajstić information content (AvgIpc) is 2.67. The first-order chi connectivity index (χ1) is 9.23. The van der Waals surface area contributed by atoms with E-state index in [1.165, 1.54) is 0 Å². The quantitative estimate of drug-likeness (QED) is 0.763. The van der Waals surface area contributed by atoms with E-state index in [2.05, 4.69) is 27.7 Å². The Balaban J connectivity index is 2.74. The van der Waals surface area contributed by atoms with E-state index in [0.717, 1.165) is 12.2 Å². The molecule has 3 nitrogen and oxygen atoms in total. The van der Waals surface area contributed by atoms with Crippen molar-refractivity contribution in [3.63, 3.8) is 0 Å². The SMILES string of the molecule is CC(C)C[C@H]1CSC(=S)N1C(=O)[C@H](C)[C@@H](O)CC(C)C. The van der Waals surface area contributed by atoms with Gasteiger partial charge in [-0.25, -0.2) is 0 Å². The Bertz CT molecular complexity index is 358. The van der Waals surface area contributed by atoms with E-state index < -0.39 is 6.10 Å². The van der Waals surface area contributed by atoms with Crippen LogP contribution in [0.1, 0.15) is 47.5 Å². The Morgan fingerprint density at radius 2 is 1.95 bits per heavy atom. The highest BCUT2D eigenvalue weighted by atomic mass is 32.2. The molecule has 1 amide bonds. The van der Waals surface area contributed by atoms with Crippen LogP contribution in [0.25, 0.3) is 0 Å². The van der Waals surface area contributed by atoms with E-state index in [4.69, 9.17) is 12.2 Å². The molecule has 1 fully saturated rings. The van der Waals surface area contributed by atoms with Crippen LogP contribution in [0.2, 0.25) is 0 Å². The van der Waals surface area contributed by atoms with Gasteiger partial charge in [-0.15, -0.1) is 0 Å². The third-order valence-corrected chi connectivity index (χ3v) is 5.17. The van der Waals surface area contributed by atoms with Crippen molar-refractivity contribution in [1.29, 1.82) is 0 Å². The minimum atomic E-state index is -0.587. The first kappa shape index (κ1) is 17.9.